The average molecular weight is 232 g/mol. The molecule has 1 aromatic heterocycles. The zero-order chi connectivity index (χ0) is 12.3. The summed E-state index contributed by atoms with van der Waals surface area (Å²) in [4.78, 5) is 2.33. The molecule has 1 saturated heterocycles. The van der Waals surface area contributed by atoms with E-state index in [2.05, 4.69) is 21.2 Å². The first-order valence-corrected chi connectivity index (χ1v) is 6.11. The molecule has 0 radical (unpaired) electrons. The second-order valence-corrected chi connectivity index (χ2v) is 4.70. The number of piperidine rings is 1. The number of nitrogens with one attached hydrogen (secondary N) is 1. The Morgan fingerprint density at radius 1 is 1.53 bits per heavy atom. The molecule has 1 aromatic rings. The van der Waals surface area contributed by atoms with Crippen LogP contribution in [0.5, 0.6) is 0 Å². The van der Waals surface area contributed by atoms with E-state index in [1.807, 2.05) is 24.9 Å². The molecule has 2 rings (SSSR count). The summed E-state index contributed by atoms with van der Waals surface area (Å²) in [7, 11) is 1.95. The smallest absolute Gasteiger partial charge is 0.0825 e. The van der Waals surface area contributed by atoms with Crippen LogP contribution in [0.15, 0.2) is 6.20 Å². The molecular weight excluding hydrogens is 212 g/mol. The molecule has 2 heterocycles. The minimum atomic E-state index is 0.548. The Bertz CT molecular complexity index is 408. The van der Waals surface area contributed by atoms with Crippen LogP contribution in [-0.4, -0.2) is 40.4 Å². The van der Waals surface area contributed by atoms with Crippen LogP contribution in [0, 0.1) is 19.3 Å². The highest BCUT2D eigenvalue weighted by Crippen LogP contribution is 2.18. The van der Waals surface area contributed by atoms with Crippen molar-refractivity contribution < 1.29 is 0 Å². The van der Waals surface area contributed by atoms with Gasteiger partial charge in [0.05, 0.1) is 17.9 Å². The Morgan fingerprint density at radius 3 is 2.76 bits per heavy atom. The van der Waals surface area contributed by atoms with E-state index in [4.69, 9.17) is 6.42 Å². The maximum absolute atomic E-state index is 5.32. The monoisotopic (exact) mass is 232 g/mol. The number of rotatable bonds is 3. The van der Waals surface area contributed by atoms with Crippen LogP contribution in [0.4, 0.5) is 5.69 Å². The van der Waals surface area contributed by atoms with Gasteiger partial charge in [-0.05, 0) is 19.8 Å². The molecule has 0 spiro atoms. The van der Waals surface area contributed by atoms with Gasteiger partial charge >= 0.3 is 0 Å². The van der Waals surface area contributed by atoms with Crippen LogP contribution in [0.25, 0.3) is 0 Å². The number of hydrogen-bond acceptors (Lipinski definition) is 3. The summed E-state index contributed by atoms with van der Waals surface area (Å²) < 4.78 is 1.85. The fraction of sp³-hybridized carbons (Fsp3) is 0.615. The molecule has 1 fully saturated rings. The first-order chi connectivity index (χ1) is 8.19. The van der Waals surface area contributed by atoms with Crippen molar-refractivity contribution in [2.24, 2.45) is 7.05 Å². The molecule has 0 unspecified atom stereocenters. The van der Waals surface area contributed by atoms with Crippen molar-refractivity contribution in [2.45, 2.75) is 25.8 Å². The van der Waals surface area contributed by atoms with Gasteiger partial charge in [0.15, 0.2) is 0 Å². The number of aromatic nitrogens is 2. The normalized spacial score (nSPS) is 17.9. The minimum Gasteiger partial charge on any atom is -0.379 e. The molecule has 1 aliphatic heterocycles. The highest BCUT2D eigenvalue weighted by atomic mass is 15.3. The van der Waals surface area contributed by atoms with Gasteiger partial charge in [0.2, 0.25) is 0 Å². The van der Waals surface area contributed by atoms with E-state index >= 15 is 0 Å². The summed E-state index contributed by atoms with van der Waals surface area (Å²) in [6.07, 6.45) is 9.66. The van der Waals surface area contributed by atoms with Crippen LogP contribution in [0.2, 0.25) is 0 Å². The summed E-state index contributed by atoms with van der Waals surface area (Å²) in [6, 6.07) is 0.548. The lowest BCUT2D eigenvalue weighted by atomic mass is 10.0. The van der Waals surface area contributed by atoms with Crippen LogP contribution in [-0.2, 0) is 7.05 Å². The summed E-state index contributed by atoms with van der Waals surface area (Å²) >= 11 is 0. The van der Waals surface area contributed by atoms with Crippen LogP contribution in [0.3, 0.4) is 0 Å². The molecule has 1 aliphatic rings. The zero-order valence-electron chi connectivity index (χ0n) is 10.6. The molecule has 0 aromatic carbocycles. The van der Waals surface area contributed by atoms with E-state index < -0.39 is 0 Å². The SMILES string of the molecule is C#CCN1CCC(Nc2cn(C)nc2C)CC1. The van der Waals surface area contributed by atoms with Crippen molar-refractivity contribution in [3.63, 3.8) is 0 Å². The molecule has 0 atom stereocenters. The molecule has 0 saturated carbocycles. The second kappa shape index (κ2) is 5.24. The van der Waals surface area contributed by atoms with Crippen molar-refractivity contribution >= 4 is 5.69 Å². The standard InChI is InChI=1S/C13H20N4/c1-4-7-17-8-5-12(6-9-17)14-13-10-16(3)15-11(13)2/h1,10,12,14H,5-9H2,2-3H3. The molecule has 0 aliphatic carbocycles. The van der Waals surface area contributed by atoms with Gasteiger partial charge in [-0.25, -0.2) is 0 Å². The summed E-state index contributed by atoms with van der Waals surface area (Å²) in [5.41, 5.74) is 2.22. The molecule has 4 heteroatoms. The molecule has 17 heavy (non-hydrogen) atoms. The van der Waals surface area contributed by atoms with Gasteiger partial charge in [-0.15, -0.1) is 6.42 Å². The van der Waals surface area contributed by atoms with Gasteiger partial charge in [-0.1, -0.05) is 5.92 Å². The second-order valence-electron chi connectivity index (χ2n) is 4.70. The van der Waals surface area contributed by atoms with Gasteiger partial charge in [0, 0.05) is 32.4 Å². The average Bonchev–Trinajstić information content (AvgIpc) is 2.61. The number of likely N-dealkylation sites (tertiary alicyclic amines) is 1. The van der Waals surface area contributed by atoms with E-state index in [0.717, 1.165) is 43.9 Å². The molecule has 92 valence electrons. The minimum absolute atomic E-state index is 0.548. The number of nitrogens with zero attached hydrogens (tertiary/aromatic N) is 3. The van der Waals surface area contributed by atoms with Gasteiger partial charge in [-0.2, -0.15) is 5.10 Å². The third-order valence-electron chi connectivity index (χ3n) is 3.28. The van der Waals surface area contributed by atoms with Crippen molar-refractivity contribution in [3.8, 4) is 12.3 Å². The summed E-state index contributed by atoms with van der Waals surface area (Å²) in [5.74, 6) is 2.71. The van der Waals surface area contributed by atoms with Crippen molar-refractivity contribution in [1.29, 1.82) is 0 Å². The highest BCUT2D eigenvalue weighted by Gasteiger charge is 2.19. The van der Waals surface area contributed by atoms with Crippen molar-refractivity contribution in [3.05, 3.63) is 11.9 Å². The van der Waals surface area contributed by atoms with E-state index in [0.29, 0.717) is 6.04 Å². The Balaban J connectivity index is 1.86. The van der Waals surface area contributed by atoms with Crippen LogP contribution in [0.1, 0.15) is 18.5 Å². The predicted molar refractivity (Wildman–Crippen MR) is 69.9 cm³/mol. The number of hydrogen-bond donors (Lipinski definition) is 1. The lowest BCUT2D eigenvalue weighted by Crippen LogP contribution is -2.39. The van der Waals surface area contributed by atoms with Gasteiger partial charge < -0.3 is 5.32 Å². The fourth-order valence-corrected chi connectivity index (χ4v) is 2.33. The number of terminal acetylenes is 1. The van der Waals surface area contributed by atoms with E-state index in [-0.39, 0.29) is 0 Å². The van der Waals surface area contributed by atoms with Crippen LogP contribution >= 0.6 is 0 Å². The zero-order valence-corrected chi connectivity index (χ0v) is 10.6. The van der Waals surface area contributed by atoms with Crippen LogP contribution < -0.4 is 5.32 Å². The van der Waals surface area contributed by atoms with Crippen molar-refractivity contribution in [2.75, 3.05) is 25.0 Å². The van der Waals surface area contributed by atoms with Gasteiger partial charge in [0.25, 0.3) is 0 Å². The largest absolute Gasteiger partial charge is 0.379 e. The molecule has 4 nitrogen and oxygen atoms in total. The number of anilines is 1. The first kappa shape index (κ1) is 12.0. The van der Waals surface area contributed by atoms with Gasteiger partial charge in [0.1, 0.15) is 0 Å². The first-order valence-electron chi connectivity index (χ1n) is 6.11. The Hall–Kier alpha value is -1.47. The summed E-state index contributed by atoms with van der Waals surface area (Å²) in [5, 5.41) is 7.91. The van der Waals surface area contributed by atoms with E-state index in [1.165, 1.54) is 0 Å². The Labute approximate surface area is 103 Å². The summed E-state index contributed by atoms with van der Waals surface area (Å²) in [6.45, 7) is 4.98. The Morgan fingerprint density at radius 2 is 2.24 bits per heavy atom. The lowest BCUT2D eigenvalue weighted by molar-refractivity contribution is 0.243. The third-order valence-corrected chi connectivity index (χ3v) is 3.28. The van der Waals surface area contributed by atoms with E-state index in [1.54, 1.807) is 0 Å². The molecular formula is C13H20N4. The maximum atomic E-state index is 5.32. The molecule has 0 amide bonds. The van der Waals surface area contributed by atoms with Gasteiger partial charge in [-0.3, -0.25) is 9.58 Å². The quantitative estimate of drug-likeness (QED) is 0.796. The lowest BCUT2D eigenvalue weighted by Gasteiger charge is -2.31. The fourth-order valence-electron chi connectivity index (χ4n) is 2.33. The van der Waals surface area contributed by atoms with E-state index in [9.17, 15) is 0 Å². The highest BCUT2D eigenvalue weighted by molar-refractivity contribution is 5.46. The maximum Gasteiger partial charge on any atom is 0.0825 e. The predicted octanol–water partition coefficient (Wildman–Crippen LogP) is 1.24. The number of aryl methyl sites for hydroxylation is 2. The molecule has 1 N–H and O–H groups in total. The topological polar surface area (TPSA) is 33.1 Å². The Kier molecular flexibility index (Phi) is 3.70. The molecule has 0 bridgehead atoms. The third kappa shape index (κ3) is 3.01. The van der Waals surface area contributed by atoms with Crippen molar-refractivity contribution in [1.82, 2.24) is 14.7 Å².